The molecule has 88 valence electrons. The molecule has 0 radical (unpaired) electrons. The molecule has 0 aromatic rings. The van der Waals surface area contributed by atoms with Crippen LogP contribution in [0.25, 0.3) is 0 Å². The summed E-state index contributed by atoms with van der Waals surface area (Å²) in [5.74, 6) is 0. The highest BCUT2D eigenvalue weighted by Gasteiger charge is 2.52. The van der Waals surface area contributed by atoms with E-state index in [9.17, 15) is 0 Å². The van der Waals surface area contributed by atoms with Crippen molar-refractivity contribution in [3.05, 3.63) is 0 Å². The molecule has 0 N–H and O–H groups in total. The van der Waals surface area contributed by atoms with Gasteiger partial charge in [0, 0.05) is 18.4 Å². The summed E-state index contributed by atoms with van der Waals surface area (Å²) in [5, 5.41) is 0. The Morgan fingerprint density at radius 2 is 1.60 bits per heavy atom. The summed E-state index contributed by atoms with van der Waals surface area (Å²) in [5.41, 5.74) is 0.331. The van der Waals surface area contributed by atoms with Gasteiger partial charge < -0.3 is 4.48 Å². The zero-order valence-electron chi connectivity index (χ0n) is 11.1. The van der Waals surface area contributed by atoms with Crippen molar-refractivity contribution in [1.29, 1.82) is 0 Å². The van der Waals surface area contributed by atoms with Crippen molar-refractivity contribution in [3.63, 3.8) is 0 Å². The molecule has 2 nitrogen and oxygen atoms in total. The van der Waals surface area contributed by atoms with Gasteiger partial charge in [0.25, 0.3) is 0 Å². The Morgan fingerprint density at radius 1 is 1.07 bits per heavy atom. The van der Waals surface area contributed by atoms with Gasteiger partial charge in [-0.2, -0.15) is 0 Å². The maximum atomic E-state index is 2.71. The molecule has 0 aliphatic carbocycles. The molecule has 2 fully saturated rings. The second-order valence-electron chi connectivity index (χ2n) is 6.64. The first-order valence-electron chi connectivity index (χ1n) is 6.49. The predicted molar refractivity (Wildman–Crippen MR) is 64.6 cm³/mol. The van der Waals surface area contributed by atoms with Crippen LogP contribution in [0, 0.1) is 0 Å². The van der Waals surface area contributed by atoms with Crippen LogP contribution < -0.4 is 0 Å². The van der Waals surface area contributed by atoms with E-state index in [0.717, 1.165) is 12.1 Å². The van der Waals surface area contributed by atoms with E-state index in [1.165, 1.54) is 37.1 Å². The first-order chi connectivity index (χ1) is 6.87. The lowest BCUT2D eigenvalue weighted by Gasteiger charge is -2.35. The van der Waals surface area contributed by atoms with Gasteiger partial charge in [-0.1, -0.05) is 0 Å². The number of quaternary nitrogens is 1. The highest BCUT2D eigenvalue weighted by molar-refractivity contribution is 4.88. The third-order valence-corrected chi connectivity index (χ3v) is 4.81. The minimum atomic E-state index is 0.331. The van der Waals surface area contributed by atoms with Crippen molar-refractivity contribution < 1.29 is 4.48 Å². The van der Waals surface area contributed by atoms with Gasteiger partial charge in [-0.05, 0) is 34.6 Å². The van der Waals surface area contributed by atoms with Crippen LogP contribution in [0.4, 0.5) is 0 Å². The van der Waals surface area contributed by atoms with Crippen molar-refractivity contribution in [1.82, 2.24) is 4.90 Å². The van der Waals surface area contributed by atoms with Crippen LogP contribution in [-0.4, -0.2) is 46.8 Å². The van der Waals surface area contributed by atoms with Crippen LogP contribution in [-0.2, 0) is 0 Å². The minimum absolute atomic E-state index is 0.331. The normalized spacial score (nSPS) is 36.6. The van der Waals surface area contributed by atoms with Crippen molar-refractivity contribution >= 4 is 0 Å². The maximum absolute atomic E-state index is 2.71. The van der Waals surface area contributed by atoms with Crippen molar-refractivity contribution in [2.24, 2.45) is 0 Å². The fourth-order valence-electron chi connectivity index (χ4n) is 3.62. The molecule has 2 heteroatoms. The highest BCUT2D eigenvalue weighted by atomic mass is 15.5. The van der Waals surface area contributed by atoms with Gasteiger partial charge >= 0.3 is 0 Å². The van der Waals surface area contributed by atoms with Gasteiger partial charge in [0.2, 0.25) is 0 Å². The largest absolute Gasteiger partial charge is 0.308 e. The van der Waals surface area contributed by atoms with Gasteiger partial charge in [-0.25, -0.2) is 4.90 Å². The summed E-state index contributed by atoms with van der Waals surface area (Å²) in [7, 11) is 0. The Labute approximate surface area is 94.8 Å². The van der Waals surface area contributed by atoms with Gasteiger partial charge in [-0.15, -0.1) is 0 Å². The molecule has 1 spiro atoms. The number of hydrogen-bond acceptors (Lipinski definition) is 1. The van der Waals surface area contributed by atoms with E-state index in [-0.39, 0.29) is 0 Å². The number of rotatable bonds is 0. The lowest BCUT2D eigenvalue weighted by molar-refractivity contribution is -0.930. The van der Waals surface area contributed by atoms with Crippen LogP contribution in [0.3, 0.4) is 0 Å². The molecular weight excluding hydrogens is 184 g/mol. The highest BCUT2D eigenvalue weighted by Crippen LogP contribution is 2.37. The van der Waals surface area contributed by atoms with E-state index >= 15 is 0 Å². The monoisotopic (exact) mass is 211 g/mol. The van der Waals surface area contributed by atoms with Gasteiger partial charge in [-0.3, -0.25) is 0 Å². The molecule has 2 atom stereocenters. The minimum Gasteiger partial charge on any atom is -0.308 e. The van der Waals surface area contributed by atoms with Crippen molar-refractivity contribution in [2.45, 2.75) is 65.1 Å². The average molecular weight is 211 g/mol. The Morgan fingerprint density at radius 3 is 2.00 bits per heavy atom. The Balaban J connectivity index is 2.20. The number of nitrogens with zero attached hydrogens (tertiary/aromatic N) is 2. The summed E-state index contributed by atoms with van der Waals surface area (Å²) in [6.45, 7) is 16.1. The molecule has 2 aliphatic heterocycles. The molecule has 15 heavy (non-hydrogen) atoms. The van der Waals surface area contributed by atoms with Crippen molar-refractivity contribution in [3.8, 4) is 0 Å². The predicted octanol–water partition coefficient (Wildman–Crippen LogP) is 2.45. The molecule has 2 heterocycles. The first-order valence-corrected chi connectivity index (χ1v) is 6.49. The van der Waals surface area contributed by atoms with Gasteiger partial charge in [0.05, 0.1) is 19.1 Å². The second kappa shape index (κ2) is 3.46. The van der Waals surface area contributed by atoms with Crippen LogP contribution in [0.1, 0.15) is 47.5 Å². The zero-order valence-corrected chi connectivity index (χ0v) is 11.1. The maximum Gasteiger partial charge on any atom is 0.136 e. The van der Waals surface area contributed by atoms with Gasteiger partial charge in [0.15, 0.2) is 0 Å². The van der Waals surface area contributed by atoms with E-state index in [2.05, 4.69) is 39.5 Å². The molecule has 2 aliphatic rings. The zero-order chi connectivity index (χ0) is 11.3. The topological polar surface area (TPSA) is 3.24 Å². The lowest BCUT2D eigenvalue weighted by atomic mass is 10.0. The van der Waals surface area contributed by atoms with Crippen LogP contribution in [0.15, 0.2) is 0 Å². The second-order valence-corrected chi connectivity index (χ2v) is 6.64. The van der Waals surface area contributed by atoms with Crippen LogP contribution in [0.2, 0.25) is 0 Å². The van der Waals surface area contributed by atoms with E-state index in [1.54, 1.807) is 0 Å². The SMILES string of the molecule is CC1C(C)[N+]2(CCCC2)CN1C(C)(C)C. The molecule has 2 rings (SSSR count). The average Bonchev–Trinajstić information content (AvgIpc) is 2.67. The summed E-state index contributed by atoms with van der Waals surface area (Å²) in [4.78, 5) is 2.71. The quantitative estimate of drug-likeness (QED) is 0.556. The Hall–Kier alpha value is -0.0800. The smallest absolute Gasteiger partial charge is 0.136 e. The number of hydrogen-bond donors (Lipinski definition) is 0. The van der Waals surface area contributed by atoms with E-state index in [4.69, 9.17) is 0 Å². The fraction of sp³-hybridized carbons (Fsp3) is 1.00. The first kappa shape index (κ1) is 11.4. The standard InChI is InChI=1S/C13H27N2/c1-11-12(2)15(8-6-7-9-15)10-14(11)13(3,4)5/h11-12H,6-10H2,1-5H3/q+1. The van der Waals surface area contributed by atoms with Crippen LogP contribution in [0.5, 0.6) is 0 Å². The summed E-state index contributed by atoms with van der Waals surface area (Å²) < 4.78 is 1.37. The molecule has 0 bridgehead atoms. The van der Waals surface area contributed by atoms with Crippen molar-refractivity contribution in [2.75, 3.05) is 19.8 Å². The molecule has 2 unspecified atom stereocenters. The molecule has 2 saturated heterocycles. The molecule has 0 aromatic carbocycles. The van der Waals surface area contributed by atoms with E-state index in [1.807, 2.05) is 0 Å². The third-order valence-electron chi connectivity index (χ3n) is 4.81. The van der Waals surface area contributed by atoms with Gasteiger partial charge in [0.1, 0.15) is 12.7 Å². The van der Waals surface area contributed by atoms with E-state index < -0.39 is 0 Å². The fourth-order valence-corrected chi connectivity index (χ4v) is 3.62. The molecule has 0 aromatic heterocycles. The Bertz CT molecular complexity index is 235. The van der Waals surface area contributed by atoms with Crippen LogP contribution >= 0.6 is 0 Å². The summed E-state index contributed by atoms with van der Waals surface area (Å²) in [6.07, 6.45) is 2.88. The Kier molecular flexibility index (Phi) is 2.63. The lowest BCUT2D eigenvalue weighted by Crippen LogP contribution is -2.50. The third kappa shape index (κ3) is 1.72. The molecular formula is C13H27N2+. The molecule has 0 saturated carbocycles. The summed E-state index contributed by atoms with van der Waals surface area (Å²) in [6, 6.07) is 1.56. The molecule has 0 amide bonds. The van der Waals surface area contributed by atoms with E-state index in [0.29, 0.717) is 5.54 Å². The summed E-state index contributed by atoms with van der Waals surface area (Å²) >= 11 is 0.